The summed E-state index contributed by atoms with van der Waals surface area (Å²) < 4.78 is 0.987. The van der Waals surface area contributed by atoms with Crippen molar-refractivity contribution in [2.75, 3.05) is 31.1 Å². The van der Waals surface area contributed by atoms with Crippen molar-refractivity contribution < 1.29 is 4.79 Å². The zero-order valence-electron chi connectivity index (χ0n) is 12.8. The van der Waals surface area contributed by atoms with Gasteiger partial charge in [-0.2, -0.15) is 0 Å². The minimum atomic E-state index is 0.202. The minimum Gasteiger partial charge on any atom is -0.347 e. The standard InChI is InChI=1S/C17H20BrN3O/c1-2-9-20-10-4-11-21(12-16(20)22)15-8-7-13-5-3-6-14(18)17(13)19-15/h3,5-8H,2,4,9-12H2,1H3. The van der Waals surface area contributed by atoms with Gasteiger partial charge in [0, 0.05) is 29.5 Å². The molecule has 0 atom stereocenters. The molecule has 2 aromatic rings. The van der Waals surface area contributed by atoms with Crippen LogP contribution in [0.2, 0.25) is 0 Å². The molecule has 1 amide bonds. The van der Waals surface area contributed by atoms with E-state index in [0.717, 1.165) is 53.7 Å². The smallest absolute Gasteiger partial charge is 0.242 e. The van der Waals surface area contributed by atoms with Gasteiger partial charge >= 0.3 is 0 Å². The van der Waals surface area contributed by atoms with Gasteiger partial charge in [-0.25, -0.2) is 4.98 Å². The highest BCUT2D eigenvalue weighted by atomic mass is 79.9. The number of nitrogens with zero attached hydrogens (tertiary/aromatic N) is 3. The molecule has 0 radical (unpaired) electrons. The summed E-state index contributed by atoms with van der Waals surface area (Å²) in [5.74, 6) is 1.08. The first kappa shape index (κ1) is 15.3. The monoisotopic (exact) mass is 361 g/mol. The van der Waals surface area contributed by atoms with E-state index in [9.17, 15) is 4.79 Å². The molecule has 1 fully saturated rings. The lowest BCUT2D eigenvalue weighted by molar-refractivity contribution is -0.129. The average Bonchev–Trinajstić information content (AvgIpc) is 2.70. The van der Waals surface area contributed by atoms with Crippen molar-refractivity contribution in [1.29, 1.82) is 0 Å². The number of para-hydroxylation sites is 1. The molecule has 1 aliphatic rings. The van der Waals surface area contributed by atoms with Crippen LogP contribution in [-0.4, -0.2) is 42.0 Å². The Morgan fingerprint density at radius 2 is 2.09 bits per heavy atom. The summed E-state index contributed by atoms with van der Waals surface area (Å²) in [6.45, 7) is 5.10. The van der Waals surface area contributed by atoms with Crippen molar-refractivity contribution in [3.05, 3.63) is 34.8 Å². The largest absolute Gasteiger partial charge is 0.347 e. The highest BCUT2D eigenvalue weighted by Crippen LogP contribution is 2.25. The van der Waals surface area contributed by atoms with E-state index in [-0.39, 0.29) is 5.91 Å². The van der Waals surface area contributed by atoms with Gasteiger partial charge in [-0.15, -0.1) is 0 Å². The van der Waals surface area contributed by atoms with E-state index >= 15 is 0 Å². The van der Waals surface area contributed by atoms with Crippen molar-refractivity contribution in [2.24, 2.45) is 0 Å². The number of anilines is 1. The Bertz CT molecular complexity index is 689. The zero-order valence-corrected chi connectivity index (χ0v) is 14.3. The minimum absolute atomic E-state index is 0.202. The van der Waals surface area contributed by atoms with Gasteiger partial charge in [0.25, 0.3) is 0 Å². The molecule has 2 heterocycles. The molecule has 3 rings (SSSR count). The Labute approximate surface area is 139 Å². The first-order chi connectivity index (χ1) is 10.7. The number of hydrogen-bond donors (Lipinski definition) is 0. The van der Waals surface area contributed by atoms with Crippen molar-refractivity contribution in [3.63, 3.8) is 0 Å². The highest BCUT2D eigenvalue weighted by molar-refractivity contribution is 9.10. The molecule has 5 heteroatoms. The number of halogens is 1. The van der Waals surface area contributed by atoms with Gasteiger partial charge in [0.2, 0.25) is 5.91 Å². The topological polar surface area (TPSA) is 36.4 Å². The summed E-state index contributed by atoms with van der Waals surface area (Å²) in [4.78, 5) is 21.2. The number of hydrogen-bond acceptors (Lipinski definition) is 3. The van der Waals surface area contributed by atoms with Gasteiger partial charge in [0.1, 0.15) is 5.82 Å². The SMILES string of the molecule is CCCN1CCCN(c2ccc3cccc(Br)c3n2)CC1=O. The molecule has 116 valence electrons. The first-order valence-electron chi connectivity index (χ1n) is 7.77. The number of benzene rings is 1. The first-order valence-corrected chi connectivity index (χ1v) is 8.56. The summed E-state index contributed by atoms with van der Waals surface area (Å²) in [6, 6.07) is 10.1. The van der Waals surface area contributed by atoms with E-state index in [1.165, 1.54) is 0 Å². The van der Waals surface area contributed by atoms with Crippen LogP contribution in [0.5, 0.6) is 0 Å². The van der Waals surface area contributed by atoms with Crippen LogP contribution in [0.3, 0.4) is 0 Å². The fraction of sp³-hybridized carbons (Fsp3) is 0.412. The van der Waals surface area contributed by atoms with Crippen molar-refractivity contribution >= 4 is 38.6 Å². The molecule has 1 saturated heterocycles. The van der Waals surface area contributed by atoms with Gasteiger partial charge < -0.3 is 9.80 Å². The molecular weight excluding hydrogens is 342 g/mol. The average molecular weight is 362 g/mol. The predicted octanol–water partition coefficient (Wildman–Crippen LogP) is 3.45. The van der Waals surface area contributed by atoms with E-state index in [1.54, 1.807) is 0 Å². The van der Waals surface area contributed by atoms with Crippen molar-refractivity contribution in [1.82, 2.24) is 9.88 Å². The van der Waals surface area contributed by atoms with Crippen molar-refractivity contribution in [3.8, 4) is 0 Å². The van der Waals surface area contributed by atoms with Gasteiger partial charge in [-0.05, 0) is 47.0 Å². The van der Waals surface area contributed by atoms with Crippen LogP contribution in [0.25, 0.3) is 10.9 Å². The van der Waals surface area contributed by atoms with Crippen LogP contribution >= 0.6 is 15.9 Å². The number of pyridine rings is 1. The maximum Gasteiger partial charge on any atom is 0.242 e. The highest BCUT2D eigenvalue weighted by Gasteiger charge is 2.22. The summed E-state index contributed by atoms with van der Waals surface area (Å²) in [6.07, 6.45) is 1.99. The molecule has 0 saturated carbocycles. The molecule has 4 nitrogen and oxygen atoms in total. The summed E-state index contributed by atoms with van der Waals surface area (Å²) >= 11 is 3.56. The van der Waals surface area contributed by atoms with Crippen LogP contribution < -0.4 is 4.90 Å². The van der Waals surface area contributed by atoms with Crippen LogP contribution in [0.15, 0.2) is 34.8 Å². The lowest BCUT2D eigenvalue weighted by atomic mass is 10.2. The molecule has 1 aromatic heterocycles. The fourth-order valence-corrected chi connectivity index (χ4v) is 3.37. The van der Waals surface area contributed by atoms with Crippen LogP contribution in [0.1, 0.15) is 19.8 Å². The third-order valence-corrected chi connectivity index (χ3v) is 4.65. The second kappa shape index (κ2) is 6.65. The van der Waals surface area contributed by atoms with E-state index in [2.05, 4.69) is 33.8 Å². The summed E-state index contributed by atoms with van der Waals surface area (Å²) in [7, 11) is 0. The summed E-state index contributed by atoms with van der Waals surface area (Å²) in [5.41, 5.74) is 0.946. The molecular formula is C17H20BrN3O. The molecule has 0 bridgehead atoms. The van der Waals surface area contributed by atoms with E-state index < -0.39 is 0 Å². The van der Waals surface area contributed by atoms with Gasteiger partial charge in [0.05, 0.1) is 12.1 Å². The fourth-order valence-electron chi connectivity index (χ4n) is 2.90. The van der Waals surface area contributed by atoms with Crippen LogP contribution in [0, 0.1) is 0 Å². The number of carbonyl (C=O) groups excluding carboxylic acids is 1. The lowest BCUT2D eigenvalue weighted by Gasteiger charge is -2.22. The summed E-state index contributed by atoms with van der Waals surface area (Å²) in [5, 5.41) is 1.10. The quantitative estimate of drug-likeness (QED) is 0.839. The molecule has 22 heavy (non-hydrogen) atoms. The van der Waals surface area contributed by atoms with Gasteiger partial charge in [-0.3, -0.25) is 4.79 Å². The van der Waals surface area contributed by atoms with E-state index in [0.29, 0.717) is 6.54 Å². The molecule has 1 aromatic carbocycles. The Morgan fingerprint density at radius 1 is 1.23 bits per heavy atom. The number of amides is 1. The normalized spacial score (nSPS) is 16.2. The molecule has 0 spiro atoms. The lowest BCUT2D eigenvalue weighted by Crippen LogP contribution is -2.37. The van der Waals surface area contributed by atoms with Crippen LogP contribution in [-0.2, 0) is 4.79 Å². The maximum atomic E-state index is 12.4. The Balaban J connectivity index is 1.87. The molecule has 1 aliphatic heterocycles. The van der Waals surface area contributed by atoms with E-state index in [4.69, 9.17) is 4.98 Å². The van der Waals surface area contributed by atoms with Gasteiger partial charge in [0.15, 0.2) is 0 Å². The third-order valence-electron chi connectivity index (χ3n) is 4.01. The van der Waals surface area contributed by atoms with E-state index in [1.807, 2.05) is 29.2 Å². The Morgan fingerprint density at radius 3 is 2.91 bits per heavy atom. The second-order valence-corrected chi connectivity index (χ2v) is 6.49. The Hall–Kier alpha value is -1.62. The Kier molecular flexibility index (Phi) is 4.62. The number of fused-ring (bicyclic) bond motifs is 1. The predicted molar refractivity (Wildman–Crippen MR) is 93.1 cm³/mol. The number of aromatic nitrogens is 1. The number of carbonyl (C=O) groups is 1. The maximum absolute atomic E-state index is 12.4. The van der Waals surface area contributed by atoms with Crippen LogP contribution in [0.4, 0.5) is 5.82 Å². The van der Waals surface area contributed by atoms with Gasteiger partial charge in [-0.1, -0.05) is 19.1 Å². The third kappa shape index (κ3) is 3.09. The molecule has 0 unspecified atom stereocenters. The molecule has 0 aliphatic carbocycles. The second-order valence-electron chi connectivity index (χ2n) is 5.64. The molecule has 0 N–H and O–H groups in total. The zero-order chi connectivity index (χ0) is 15.5. The number of rotatable bonds is 3. The van der Waals surface area contributed by atoms with Crippen molar-refractivity contribution in [2.45, 2.75) is 19.8 Å².